The fourth-order valence-corrected chi connectivity index (χ4v) is 5.55. The predicted molar refractivity (Wildman–Crippen MR) is 136 cm³/mol. The Labute approximate surface area is 210 Å². The molecular formula is C25H34N2O7S. The van der Waals surface area contributed by atoms with Gasteiger partial charge in [0.2, 0.25) is 5.75 Å². The average molecular weight is 507 g/mol. The summed E-state index contributed by atoms with van der Waals surface area (Å²) in [5.41, 5.74) is 2.55. The minimum Gasteiger partial charge on any atom is -0.493 e. The van der Waals surface area contributed by atoms with Gasteiger partial charge in [0.1, 0.15) is 0 Å². The van der Waals surface area contributed by atoms with Gasteiger partial charge in [0.25, 0.3) is 0 Å². The van der Waals surface area contributed by atoms with Gasteiger partial charge in [-0.25, -0.2) is 9.86 Å². The van der Waals surface area contributed by atoms with Crippen molar-refractivity contribution < 1.29 is 33.7 Å². The highest BCUT2D eigenvalue weighted by Gasteiger charge is 2.31. The van der Waals surface area contributed by atoms with Crippen LogP contribution in [-0.2, 0) is 0 Å². The second kappa shape index (κ2) is 12.1. The van der Waals surface area contributed by atoms with E-state index >= 15 is 0 Å². The SMILES string of the molecule is CCCOc1c(NC(=O)N(C)O)cc(C2CCC(c3cc(OC)c(OC)c(OC)c3)S2)cc1OC. The van der Waals surface area contributed by atoms with Crippen LogP contribution in [0.3, 0.4) is 0 Å². The van der Waals surface area contributed by atoms with Crippen molar-refractivity contribution in [2.24, 2.45) is 0 Å². The van der Waals surface area contributed by atoms with Gasteiger partial charge in [0, 0.05) is 17.5 Å². The average Bonchev–Trinajstić information content (AvgIpc) is 3.36. The molecule has 0 spiro atoms. The number of carbonyl (C=O) groups excluding carboxylic acids is 1. The van der Waals surface area contributed by atoms with Gasteiger partial charge in [-0.2, -0.15) is 0 Å². The second-order valence-corrected chi connectivity index (χ2v) is 9.46. The highest BCUT2D eigenvalue weighted by atomic mass is 32.2. The van der Waals surface area contributed by atoms with Crippen molar-refractivity contribution in [3.8, 4) is 28.7 Å². The third-order valence-electron chi connectivity index (χ3n) is 5.73. The van der Waals surface area contributed by atoms with Gasteiger partial charge in [-0.1, -0.05) is 6.92 Å². The maximum atomic E-state index is 12.2. The van der Waals surface area contributed by atoms with E-state index in [0.717, 1.165) is 30.4 Å². The number of urea groups is 1. The first kappa shape index (κ1) is 26.6. The summed E-state index contributed by atoms with van der Waals surface area (Å²) in [5, 5.41) is 13.2. The van der Waals surface area contributed by atoms with Crippen molar-refractivity contribution in [3.63, 3.8) is 0 Å². The van der Waals surface area contributed by atoms with Gasteiger partial charge in [-0.15, -0.1) is 11.8 Å². The van der Waals surface area contributed by atoms with E-state index in [2.05, 4.69) is 5.32 Å². The number of hydrogen-bond acceptors (Lipinski definition) is 8. The third-order valence-corrected chi connectivity index (χ3v) is 7.41. The maximum absolute atomic E-state index is 12.2. The molecule has 2 aromatic rings. The molecule has 1 aliphatic heterocycles. The summed E-state index contributed by atoms with van der Waals surface area (Å²) >= 11 is 1.82. The highest BCUT2D eigenvalue weighted by molar-refractivity contribution is 8.00. The molecule has 2 amide bonds. The van der Waals surface area contributed by atoms with Gasteiger partial charge >= 0.3 is 6.03 Å². The van der Waals surface area contributed by atoms with Crippen molar-refractivity contribution in [1.29, 1.82) is 0 Å². The summed E-state index contributed by atoms with van der Waals surface area (Å²) < 4.78 is 28.0. The number of benzene rings is 2. The van der Waals surface area contributed by atoms with Gasteiger partial charge in [0.05, 0.1) is 40.7 Å². The van der Waals surface area contributed by atoms with E-state index in [0.29, 0.717) is 46.1 Å². The van der Waals surface area contributed by atoms with Crippen LogP contribution in [0.4, 0.5) is 10.5 Å². The molecule has 3 rings (SSSR count). The molecule has 1 heterocycles. The van der Waals surface area contributed by atoms with Crippen molar-refractivity contribution >= 4 is 23.5 Å². The second-order valence-electron chi connectivity index (χ2n) is 8.05. The van der Waals surface area contributed by atoms with E-state index < -0.39 is 6.03 Å². The third kappa shape index (κ3) is 5.99. The monoisotopic (exact) mass is 506 g/mol. The Morgan fingerprint density at radius 1 is 0.943 bits per heavy atom. The van der Waals surface area contributed by atoms with E-state index in [1.54, 1.807) is 28.4 Å². The lowest BCUT2D eigenvalue weighted by atomic mass is 10.0. The van der Waals surface area contributed by atoms with Crippen LogP contribution >= 0.6 is 11.8 Å². The Morgan fingerprint density at radius 2 is 1.46 bits per heavy atom. The number of carbonyl (C=O) groups is 1. The van der Waals surface area contributed by atoms with Crippen LogP contribution in [0.1, 0.15) is 47.8 Å². The van der Waals surface area contributed by atoms with E-state index in [9.17, 15) is 10.0 Å². The molecule has 1 aliphatic rings. The fraction of sp³-hybridized carbons (Fsp3) is 0.480. The molecule has 1 saturated heterocycles. The summed E-state index contributed by atoms with van der Waals surface area (Å²) in [6, 6.07) is 7.17. The fourth-order valence-electron chi connectivity index (χ4n) is 4.02. The summed E-state index contributed by atoms with van der Waals surface area (Å²) in [5.74, 6) is 2.80. The Bertz CT molecular complexity index is 1010. The van der Waals surface area contributed by atoms with Gasteiger partial charge in [-0.05, 0) is 54.7 Å². The van der Waals surface area contributed by atoms with Crippen LogP contribution in [-0.4, -0.2) is 58.4 Å². The summed E-state index contributed by atoms with van der Waals surface area (Å²) in [7, 11) is 7.64. The molecule has 35 heavy (non-hydrogen) atoms. The number of nitrogens with one attached hydrogen (secondary N) is 1. The lowest BCUT2D eigenvalue weighted by Crippen LogP contribution is -2.28. The van der Waals surface area contributed by atoms with Gasteiger partial charge in [0.15, 0.2) is 23.0 Å². The Balaban J connectivity index is 1.92. The number of anilines is 1. The number of methoxy groups -OCH3 is 4. The summed E-state index contributed by atoms with van der Waals surface area (Å²) in [6.45, 7) is 2.47. The highest BCUT2D eigenvalue weighted by Crippen LogP contribution is 2.56. The summed E-state index contributed by atoms with van der Waals surface area (Å²) in [4.78, 5) is 12.2. The summed E-state index contributed by atoms with van der Waals surface area (Å²) in [6.07, 6.45) is 2.68. The molecular weight excluding hydrogens is 472 g/mol. The molecule has 0 aromatic heterocycles. The van der Waals surface area contributed by atoms with Gasteiger partial charge in [-0.3, -0.25) is 5.21 Å². The topological polar surface area (TPSA) is 98.7 Å². The van der Waals surface area contributed by atoms with Crippen LogP contribution in [0.2, 0.25) is 0 Å². The molecule has 2 N–H and O–H groups in total. The first-order chi connectivity index (χ1) is 16.9. The van der Waals surface area contributed by atoms with E-state index in [-0.39, 0.29) is 10.5 Å². The molecule has 0 bridgehead atoms. The minimum atomic E-state index is -0.667. The molecule has 9 nitrogen and oxygen atoms in total. The van der Waals surface area contributed by atoms with Crippen LogP contribution in [0.15, 0.2) is 24.3 Å². The number of nitrogens with zero attached hydrogens (tertiary/aromatic N) is 1. The van der Waals surface area contributed by atoms with Crippen molar-refractivity contribution in [1.82, 2.24) is 5.06 Å². The molecule has 2 aromatic carbocycles. The molecule has 0 saturated carbocycles. The molecule has 1 fully saturated rings. The molecule has 2 unspecified atom stereocenters. The zero-order valence-corrected chi connectivity index (χ0v) is 21.9. The number of amides is 2. The van der Waals surface area contributed by atoms with Crippen molar-refractivity contribution in [2.45, 2.75) is 36.7 Å². The van der Waals surface area contributed by atoms with Crippen LogP contribution in [0.5, 0.6) is 28.7 Å². The number of hydroxylamine groups is 2. The normalized spacial score (nSPS) is 17.0. The Hall–Kier alpha value is -2.98. The quantitative estimate of drug-likeness (QED) is 0.314. The van der Waals surface area contributed by atoms with Crippen LogP contribution < -0.4 is 29.0 Å². The van der Waals surface area contributed by atoms with E-state index in [1.807, 2.05) is 43.0 Å². The standard InChI is InChI=1S/C25H34N2O7S/c1-7-10-34-23-17(26-25(28)27(2)29)11-15(12-18(23)30-3)21-8-9-22(35-21)16-13-19(31-4)24(33-6)20(14-16)32-5/h11-14,21-22,29H,7-10H2,1-6H3,(H,26,28). The van der Waals surface area contributed by atoms with Crippen molar-refractivity contribution in [3.05, 3.63) is 35.4 Å². The number of hydrogen-bond donors (Lipinski definition) is 2. The molecule has 2 atom stereocenters. The first-order valence-corrected chi connectivity index (χ1v) is 12.3. The van der Waals surface area contributed by atoms with Crippen molar-refractivity contribution in [2.75, 3.05) is 47.4 Å². The molecule has 10 heteroatoms. The van der Waals surface area contributed by atoms with E-state index in [4.69, 9.17) is 23.7 Å². The lowest BCUT2D eigenvalue weighted by Gasteiger charge is -2.21. The molecule has 0 radical (unpaired) electrons. The number of thioether (sulfide) groups is 1. The minimum absolute atomic E-state index is 0.163. The zero-order valence-electron chi connectivity index (χ0n) is 21.0. The van der Waals surface area contributed by atoms with Crippen LogP contribution in [0.25, 0.3) is 0 Å². The van der Waals surface area contributed by atoms with Crippen LogP contribution in [0, 0.1) is 0 Å². The molecule has 192 valence electrons. The zero-order chi connectivity index (χ0) is 25.5. The predicted octanol–water partition coefficient (Wildman–Crippen LogP) is 5.67. The number of rotatable bonds is 10. The first-order valence-electron chi connectivity index (χ1n) is 11.4. The molecule has 0 aliphatic carbocycles. The van der Waals surface area contributed by atoms with Gasteiger partial charge < -0.3 is 29.0 Å². The Kier molecular flexibility index (Phi) is 9.22. The lowest BCUT2D eigenvalue weighted by molar-refractivity contribution is -0.0118. The Morgan fingerprint density at radius 3 is 1.91 bits per heavy atom. The maximum Gasteiger partial charge on any atom is 0.345 e. The largest absolute Gasteiger partial charge is 0.493 e. The smallest absolute Gasteiger partial charge is 0.345 e. The number of ether oxygens (including phenoxy) is 5. The van der Waals surface area contributed by atoms with E-state index in [1.165, 1.54) is 7.05 Å².